The lowest BCUT2D eigenvalue weighted by Crippen LogP contribution is -2.25. The van der Waals surface area contributed by atoms with Gasteiger partial charge in [-0.1, -0.05) is 0 Å². The molecule has 0 saturated carbocycles. The minimum atomic E-state index is -0.0794. The first kappa shape index (κ1) is 11.6. The molecule has 0 aliphatic heterocycles. The van der Waals surface area contributed by atoms with Crippen LogP contribution in [0.2, 0.25) is 0 Å². The molecule has 0 N–H and O–H groups in total. The molecule has 0 aliphatic rings. The van der Waals surface area contributed by atoms with Crippen LogP contribution in [0.4, 0.5) is 0 Å². The maximum absolute atomic E-state index is 11.4. The third-order valence-corrected chi connectivity index (χ3v) is 2.18. The van der Waals surface area contributed by atoms with Crippen molar-refractivity contribution in [2.24, 2.45) is 0 Å². The lowest BCUT2D eigenvalue weighted by atomic mass is 10.5. The number of rotatable bonds is 4. The highest BCUT2D eigenvalue weighted by Gasteiger charge is 1.99. The normalized spacial score (nSPS) is 10.9. The summed E-state index contributed by atoms with van der Waals surface area (Å²) in [6.07, 6.45) is 1.85. The number of nitrogens with zero attached hydrogens (tertiary/aromatic N) is 2. The van der Waals surface area contributed by atoms with Crippen molar-refractivity contribution >= 4 is 22.6 Å². The van der Waals surface area contributed by atoms with Gasteiger partial charge in [-0.25, -0.2) is 4.68 Å². The second-order valence-electron chi connectivity index (χ2n) is 3.15. The van der Waals surface area contributed by atoms with Gasteiger partial charge in [-0.3, -0.25) is 4.79 Å². The third kappa shape index (κ3) is 3.75. The van der Waals surface area contributed by atoms with Crippen molar-refractivity contribution in [1.82, 2.24) is 9.78 Å². The van der Waals surface area contributed by atoms with E-state index < -0.39 is 0 Å². The summed E-state index contributed by atoms with van der Waals surface area (Å²) in [4.78, 5) is 11.4. The van der Waals surface area contributed by atoms with Crippen LogP contribution in [-0.4, -0.2) is 22.5 Å². The van der Waals surface area contributed by atoms with Crippen molar-refractivity contribution in [1.29, 1.82) is 0 Å². The van der Waals surface area contributed by atoms with Crippen LogP contribution < -0.4 is 5.56 Å². The number of hydrogen-bond acceptors (Lipinski definition) is 3. The average molecular weight is 308 g/mol. The van der Waals surface area contributed by atoms with Gasteiger partial charge >= 0.3 is 0 Å². The zero-order valence-corrected chi connectivity index (χ0v) is 10.4. The lowest BCUT2D eigenvalue weighted by Gasteiger charge is -2.07. The predicted molar refractivity (Wildman–Crippen MR) is 62.3 cm³/mol. The van der Waals surface area contributed by atoms with Gasteiger partial charge in [0.25, 0.3) is 5.56 Å². The van der Waals surface area contributed by atoms with Gasteiger partial charge in [-0.15, -0.1) is 0 Å². The van der Waals surface area contributed by atoms with Gasteiger partial charge in [0.05, 0.1) is 25.5 Å². The van der Waals surface area contributed by atoms with E-state index in [-0.39, 0.29) is 11.7 Å². The van der Waals surface area contributed by atoms with E-state index in [1.165, 1.54) is 4.68 Å². The minimum absolute atomic E-state index is 0.0794. The first-order valence-electron chi connectivity index (χ1n) is 4.44. The van der Waals surface area contributed by atoms with Crippen LogP contribution in [0, 0.1) is 3.57 Å². The molecular formula is C9H13IN2O2. The monoisotopic (exact) mass is 308 g/mol. The summed E-state index contributed by atoms with van der Waals surface area (Å²) in [5.41, 5.74) is -0.0794. The Morgan fingerprint density at radius 2 is 2.36 bits per heavy atom. The maximum atomic E-state index is 11.4. The second kappa shape index (κ2) is 5.45. The highest BCUT2D eigenvalue weighted by molar-refractivity contribution is 14.1. The molecule has 0 amide bonds. The van der Waals surface area contributed by atoms with E-state index in [0.29, 0.717) is 13.2 Å². The van der Waals surface area contributed by atoms with Crippen molar-refractivity contribution in [3.8, 4) is 0 Å². The molecule has 1 heterocycles. The summed E-state index contributed by atoms with van der Waals surface area (Å²) in [6.45, 7) is 4.95. The van der Waals surface area contributed by atoms with E-state index in [1.807, 2.05) is 13.8 Å². The standard InChI is InChI=1S/C9H13IN2O2/c1-7(2)14-4-3-12-9(13)5-8(10)6-11-12/h5-7H,3-4H2,1-2H3. The average Bonchev–Trinajstić information content (AvgIpc) is 2.08. The molecule has 1 aromatic rings. The molecule has 0 spiro atoms. The van der Waals surface area contributed by atoms with Crippen molar-refractivity contribution < 1.29 is 4.74 Å². The van der Waals surface area contributed by atoms with Gasteiger partial charge in [0.1, 0.15) is 0 Å². The highest BCUT2D eigenvalue weighted by atomic mass is 127. The highest BCUT2D eigenvalue weighted by Crippen LogP contribution is 1.96. The van der Waals surface area contributed by atoms with Crippen molar-refractivity contribution in [2.45, 2.75) is 26.5 Å². The molecule has 4 nitrogen and oxygen atoms in total. The Kier molecular flexibility index (Phi) is 4.53. The van der Waals surface area contributed by atoms with Crippen LogP contribution in [0.3, 0.4) is 0 Å². The van der Waals surface area contributed by atoms with Gasteiger partial charge in [0.15, 0.2) is 0 Å². The smallest absolute Gasteiger partial charge is 0.267 e. The van der Waals surface area contributed by atoms with Gasteiger partial charge in [-0.2, -0.15) is 5.10 Å². The Morgan fingerprint density at radius 3 is 2.93 bits per heavy atom. The zero-order valence-electron chi connectivity index (χ0n) is 8.24. The molecule has 0 saturated heterocycles. The van der Waals surface area contributed by atoms with E-state index in [2.05, 4.69) is 27.7 Å². The number of aromatic nitrogens is 2. The van der Waals surface area contributed by atoms with E-state index >= 15 is 0 Å². The van der Waals surface area contributed by atoms with Crippen molar-refractivity contribution in [2.75, 3.05) is 6.61 Å². The molecule has 0 aromatic carbocycles. The van der Waals surface area contributed by atoms with Crippen molar-refractivity contribution in [3.05, 3.63) is 26.2 Å². The zero-order chi connectivity index (χ0) is 10.6. The van der Waals surface area contributed by atoms with Crippen LogP contribution in [0.25, 0.3) is 0 Å². The van der Waals surface area contributed by atoms with E-state index in [9.17, 15) is 4.79 Å². The quantitative estimate of drug-likeness (QED) is 0.787. The minimum Gasteiger partial charge on any atom is -0.377 e. The first-order valence-corrected chi connectivity index (χ1v) is 5.51. The van der Waals surface area contributed by atoms with Crippen LogP contribution >= 0.6 is 22.6 Å². The number of ether oxygens (including phenoxy) is 1. The van der Waals surface area contributed by atoms with E-state index in [1.54, 1.807) is 12.3 Å². The Morgan fingerprint density at radius 1 is 1.64 bits per heavy atom. The predicted octanol–water partition coefficient (Wildman–Crippen LogP) is 1.27. The van der Waals surface area contributed by atoms with Gasteiger partial charge in [0, 0.05) is 9.64 Å². The molecule has 0 atom stereocenters. The topological polar surface area (TPSA) is 44.1 Å². The molecule has 0 unspecified atom stereocenters. The summed E-state index contributed by atoms with van der Waals surface area (Å²) in [7, 11) is 0. The molecule has 1 rings (SSSR count). The fraction of sp³-hybridized carbons (Fsp3) is 0.556. The fourth-order valence-electron chi connectivity index (χ4n) is 0.954. The van der Waals surface area contributed by atoms with E-state index in [4.69, 9.17) is 4.74 Å². The fourth-order valence-corrected chi connectivity index (χ4v) is 1.35. The van der Waals surface area contributed by atoms with Crippen LogP contribution in [0.15, 0.2) is 17.1 Å². The Labute approximate surface area is 96.4 Å². The molecule has 5 heteroatoms. The Bertz CT molecular complexity index is 349. The number of hydrogen-bond donors (Lipinski definition) is 0. The molecule has 14 heavy (non-hydrogen) atoms. The molecule has 0 aliphatic carbocycles. The molecule has 0 bridgehead atoms. The van der Waals surface area contributed by atoms with Gasteiger partial charge < -0.3 is 4.74 Å². The molecule has 78 valence electrons. The van der Waals surface area contributed by atoms with Crippen LogP contribution in [0.5, 0.6) is 0 Å². The van der Waals surface area contributed by atoms with Crippen molar-refractivity contribution in [3.63, 3.8) is 0 Å². The Hall–Kier alpha value is -0.430. The summed E-state index contributed by atoms with van der Waals surface area (Å²) in [5.74, 6) is 0. The first-order chi connectivity index (χ1) is 6.59. The van der Waals surface area contributed by atoms with Gasteiger partial charge in [0.2, 0.25) is 0 Å². The molecule has 1 aromatic heterocycles. The summed E-state index contributed by atoms with van der Waals surface area (Å²) in [5, 5.41) is 3.99. The van der Waals surface area contributed by atoms with Crippen LogP contribution in [0.1, 0.15) is 13.8 Å². The SMILES string of the molecule is CC(C)OCCn1ncc(I)cc1=O. The third-order valence-electron chi connectivity index (χ3n) is 1.59. The summed E-state index contributed by atoms with van der Waals surface area (Å²) < 4.78 is 7.59. The lowest BCUT2D eigenvalue weighted by molar-refractivity contribution is 0.0702. The summed E-state index contributed by atoms with van der Waals surface area (Å²) >= 11 is 2.06. The largest absolute Gasteiger partial charge is 0.377 e. The van der Waals surface area contributed by atoms with E-state index in [0.717, 1.165) is 3.57 Å². The second-order valence-corrected chi connectivity index (χ2v) is 4.40. The number of halogens is 1. The maximum Gasteiger partial charge on any atom is 0.267 e. The van der Waals surface area contributed by atoms with Gasteiger partial charge in [-0.05, 0) is 36.4 Å². The van der Waals surface area contributed by atoms with Crippen LogP contribution in [-0.2, 0) is 11.3 Å². The molecule has 0 radical (unpaired) electrons. The summed E-state index contributed by atoms with van der Waals surface area (Å²) in [6, 6.07) is 1.56. The molecule has 0 fully saturated rings. The Balaban J connectivity index is 2.55. The molecular weight excluding hydrogens is 295 g/mol.